The van der Waals surface area contributed by atoms with Gasteiger partial charge in [-0.3, -0.25) is 14.5 Å². The molecule has 4 rings (SSSR count). The predicted octanol–water partition coefficient (Wildman–Crippen LogP) is 1.10. The predicted molar refractivity (Wildman–Crippen MR) is 98.4 cm³/mol. The SMILES string of the molecule is C[C@H]1CCCC[C@]12NC(=O)N(CC(=O)Nc1ccc(-n3cnnn3)cc1)C2=O. The van der Waals surface area contributed by atoms with Crippen molar-refractivity contribution in [3.63, 3.8) is 0 Å². The van der Waals surface area contributed by atoms with E-state index in [4.69, 9.17) is 0 Å². The fraction of sp³-hybridized carbons (Fsp3) is 0.444. The summed E-state index contributed by atoms with van der Waals surface area (Å²) in [5, 5.41) is 16.5. The summed E-state index contributed by atoms with van der Waals surface area (Å²) >= 11 is 0. The van der Waals surface area contributed by atoms with Gasteiger partial charge in [0.05, 0.1) is 5.69 Å². The van der Waals surface area contributed by atoms with Crippen LogP contribution in [0.25, 0.3) is 5.69 Å². The molecule has 28 heavy (non-hydrogen) atoms. The Morgan fingerprint density at radius 2 is 2.07 bits per heavy atom. The molecule has 10 nitrogen and oxygen atoms in total. The molecule has 1 saturated heterocycles. The molecule has 2 aliphatic rings. The molecule has 1 saturated carbocycles. The highest BCUT2D eigenvalue weighted by Crippen LogP contribution is 2.38. The smallest absolute Gasteiger partial charge is 0.325 e. The normalized spacial score (nSPS) is 24.5. The Balaban J connectivity index is 1.41. The second kappa shape index (κ2) is 7.02. The van der Waals surface area contributed by atoms with E-state index >= 15 is 0 Å². The Bertz CT molecular complexity index is 896. The van der Waals surface area contributed by atoms with Crippen molar-refractivity contribution in [2.45, 2.75) is 38.1 Å². The van der Waals surface area contributed by atoms with Crippen LogP contribution in [0.2, 0.25) is 0 Å². The first-order valence-electron chi connectivity index (χ1n) is 9.27. The van der Waals surface area contributed by atoms with Crippen molar-refractivity contribution in [1.82, 2.24) is 30.4 Å². The molecule has 2 aromatic rings. The summed E-state index contributed by atoms with van der Waals surface area (Å²) in [4.78, 5) is 38.7. The monoisotopic (exact) mass is 383 g/mol. The molecule has 0 bridgehead atoms. The van der Waals surface area contributed by atoms with Crippen LogP contribution in [0.15, 0.2) is 30.6 Å². The van der Waals surface area contributed by atoms with Crippen molar-refractivity contribution in [2.75, 3.05) is 11.9 Å². The van der Waals surface area contributed by atoms with Gasteiger partial charge in [0, 0.05) is 5.69 Å². The molecule has 2 N–H and O–H groups in total. The van der Waals surface area contributed by atoms with Crippen molar-refractivity contribution in [3.8, 4) is 5.69 Å². The lowest BCUT2D eigenvalue weighted by Crippen LogP contribution is -2.54. The van der Waals surface area contributed by atoms with Gasteiger partial charge in [-0.25, -0.2) is 9.48 Å². The molecule has 10 heteroatoms. The third kappa shape index (κ3) is 3.10. The van der Waals surface area contributed by atoms with Crippen LogP contribution < -0.4 is 10.6 Å². The zero-order chi connectivity index (χ0) is 19.7. The molecule has 2 fully saturated rings. The van der Waals surface area contributed by atoms with Crippen LogP contribution >= 0.6 is 0 Å². The Labute approximate surface area is 161 Å². The summed E-state index contributed by atoms with van der Waals surface area (Å²) in [6.45, 7) is 1.67. The van der Waals surface area contributed by atoms with Gasteiger partial charge >= 0.3 is 6.03 Å². The Morgan fingerprint density at radius 1 is 1.29 bits per heavy atom. The molecule has 4 amide bonds. The molecule has 1 aliphatic heterocycles. The van der Waals surface area contributed by atoms with E-state index < -0.39 is 17.5 Å². The van der Waals surface area contributed by atoms with Crippen LogP contribution in [-0.4, -0.2) is 55.0 Å². The van der Waals surface area contributed by atoms with E-state index in [0.717, 1.165) is 29.8 Å². The van der Waals surface area contributed by atoms with Crippen molar-refractivity contribution in [3.05, 3.63) is 30.6 Å². The number of nitrogens with one attached hydrogen (secondary N) is 2. The number of rotatable bonds is 4. The first-order valence-corrected chi connectivity index (χ1v) is 9.27. The number of imide groups is 1. The summed E-state index contributed by atoms with van der Waals surface area (Å²) in [6, 6.07) is 6.40. The van der Waals surface area contributed by atoms with Crippen LogP contribution in [-0.2, 0) is 9.59 Å². The quantitative estimate of drug-likeness (QED) is 0.763. The second-order valence-electron chi connectivity index (χ2n) is 7.29. The lowest BCUT2D eigenvalue weighted by Gasteiger charge is -2.36. The number of aromatic nitrogens is 4. The summed E-state index contributed by atoms with van der Waals surface area (Å²) in [7, 11) is 0. The van der Waals surface area contributed by atoms with Gasteiger partial charge in [0.1, 0.15) is 18.4 Å². The van der Waals surface area contributed by atoms with Gasteiger partial charge in [-0.05, 0) is 53.5 Å². The molecule has 1 aromatic heterocycles. The molecular formula is C18H21N7O3. The Kier molecular flexibility index (Phi) is 4.54. The first kappa shape index (κ1) is 18.1. The Morgan fingerprint density at radius 3 is 2.75 bits per heavy atom. The minimum Gasteiger partial charge on any atom is -0.325 e. The zero-order valence-electron chi connectivity index (χ0n) is 15.5. The minimum atomic E-state index is -0.858. The summed E-state index contributed by atoms with van der Waals surface area (Å²) < 4.78 is 1.49. The van der Waals surface area contributed by atoms with Crippen molar-refractivity contribution in [1.29, 1.82) is 0 Å². The average molecular weight is 383 g/mol. The van der Waals surface area contributed by atoms with E-state index in [1.165, 1.54) is 11.0 Å². The zero-order valence-corrected chi connectivity index (χ0v) is 15.5. The van der Waals surface area contributed by atoms with Crippen molar-refractivity contribution in [2.24, 2.45) is 5.92 Å². The third-order valence-corrected chi connectivity index (χ3v) is 5.57. The average Bonchev–Trinajstić information content (AvgIpc) is 3.29. The molecule has 1 aliphatic carbocycles. The first-order chi connectivity index (χ1) is 13.5. The fourth-order valence-corrected chi connectivity index (χ4v) is 3.96. The van der Waals surface area contributed by atoms with Gasteiger partial charge in [-0.2, -0.15) is 0 Å². The highest BCUT2D eigenvalue weighted by atomic mass is 16.2. The molecule has 2 heterocycles. The summed E-state index contributed by atoms with van der Waals surface area (Å²) in [6.07, 6.45) is 4.92. The number of tetrazole rings is 1. The fourth-order valence-electron chi connectivity index (χ4n) is 3.96. The highest BCUT2D eigenvalue weighted by molar-refractivity contribution is 6.10. The lowest BCUT2D eigenvalue weighted by atomic mass is 9.73. The maximum atomic E-state index is 12.9. The topological polar surface area (TPSA) is 122 Å². The van der Waals surface area contributed by atoms with Crippen LogP contribution in [0.3, 0.4) is 0 Å². The van der Waals surface area contributed by atoms with E-state index in [1.807, 2.05) is 6.92 Å². The van der Waals surface area contributed by atoms with Gasteiger partial charge in [0.15, 0.2) is 0 Å². The molecule has 0 radical (unpaired) electrons. The van der Waals surface area contributed by atoms with Crippen molar-refractivity contribution < 1.29 is 14.4 Å². The highest BCUT2D eigenvalue weighted by Gasteiger charge is 2.55. The standard InChI is InChI=1S/C18H21N7O3/c1-12-4-2-3-9-18(12)16(27)24(17(28)21-18)10-15(26)20-13-5-7-14(8-6-13)25-11-19-22-23-25/h5-8,11-12H,2-4,9-10H2,1H3,(H,20,26)(H,21,28)/t12-,18-/m0/s1. The molecule has 146 valence electrons. The number of hydrogen-bond donors (Lipinski definition) is 2. The summed E-state index contributed by atoms with van der Waals surface area (Å²) in [5.74, 6) is -0.669. The van der Waals surface area contributed by atoms with E-state index in [0.29, 0.717) is 12.1 Å². The van der Waals surface area contributed by atoms with Gasteiger partial charge in [0.25, 0.3) is 5.91 Å². The van der Waals surface area contributed by atoms with E-state index in [1.54, 1.807) is 24.3 Å². The molecular weight excluding hydrogens is 362 g/mol. The number of carbonyl (C=O) groups is 3. The summed E-state index contributed by atoms with van der Waals surface area (Å²) in [5.41, 5.74) is 0.434. The lowest BCUT2D eigenvalue weighted by molar-refractivity contribution is -0.136. The number of urea groups is 1. The maximum absolute atomic E-state index is 12.9. The second-order valence-corrected chi connectivity index (χ2v) is 7.29. The number of benzene rings is 1. The van der Waals surface area contributed by atoms with E-state index in [-0.39, 0.29) is 18.4 Å². The molecule has 2 atom stereocenters. The molecule has 1 spiro atoms. The van der Waals surface area contributed by atoms with Gasteiger partial charge in [0.2, 0.25) is 5.91 Å². The van der Waals surface area contributed by atoms with Gasteiger partial charge in [-0.15, -0.1) is 5.10 Å². The maximum Gasteiger partial charge on any atom is 0.325 e. The molecule has 1 aromatic carbocycles. The van der Waals surface area contributed by atoms with Gasteiger partial charge in [-0.1, -0.05) is 19.8 Å². The van der Waals surface area contributed by atoms with Crippen molar-refractivity contribution >= 4 is 23.5 Å². The molecule has 0 unspecified atom stereocenters. The van der Waals surface area contributed by atoms with Gasteiger partial charge < -0.3 is 10.6 Å². The number of carbonyl (C=O) groups excluding carboxylic acids is 3. The minimum absolute atomic E-state index is 0.0598. The van der Waals surface area contributed by atoms with Crippen LogP contribution in [0.1, 0.15) is 32.6 Å². The number of anilines is 1. The van der Waals surface area contributed by atoms with Crippen LogP contribution in [0, 0.1) is 5.92 Å². The largest absolute Gasteiger partial charge is 0.325 e. The van der Waals surface area contributed by atoms with Crippen LogP contribution in [0.5, 0.6) is 0 Å². The number of amides is 4. The number of hydrogen-bond acceptors (Lipinski definition) is 6. The number of nitrogens with zero attached hydrogens (tertiary/aromatic N) is 5. The third-order valence-electron chi connectivity index (χ3n) is 5.57. The van der Waals surface area contributed by atoms with Crippen LogP contribution in [0.4, 0.5) is 10.5 Å². The van der Waals surface area contributed by atoms with E-state index in [2.05, 4.69) is 26.2 Å². The van der Waals surface area contributed by atoms with E-state index in [9.17, 15) is 14.4 Å². The Hall–Kier alpha value is -3.30.